The van der Waals surface area contributed by atoms with Gasteiger partial charge in [-0.2, -0.15) is 23.4 Å². The maximum Gasteiger partial charge on any atom is 0.416 e. The number of hydrogen-bond acceptors (Lipinski definition) is 3. The van der Waals surface area contributed by atoms with Crippen molar-refractivity contribution in [3.8, 4) is 0 Å². The average molecular weight is 441 g/mol. The largest absolute Gasteiger partial charge is 0.416 e. The summed E-state index contributed by atoms with van der Waals surface area (Å²) in [6, 6.07) is 6.11. The molecule has 166 valence electrons. The molecule has 3 rings (SSSR count). The second kappa shape index (κ2) is 8.48. The van der Waals surface area contributed by atoms with E-state index in [4.69, 9.17) is 0 Å². The number of aromatic nitrogens is 4. The van der Waals surface area contributed by atoms with Gasteiger partial charge >= 0.3 is 6.18 Å². The summed E-state index contributed by atoms with van der Waals surface area (Å²) in [6.07, 6.45) is -7.22. The first-order valence-electron chi connectivity index (χ1n) is 9.28. The van der Waals surface area contributed by atoms with E-state index >= 15 is 0 Å². The van der Waals surface area contributed by atoms with E-state index in [-0.39, 0.29) is 12.2 Å². The SMILES string of the molecule is Cc1cc(C(F)F)n(CC(=O)Nc2c(C)nn(Cc3cccc(C(F)(F)F)c3)c2C)n1. The third kappa shape index (κ3) is 5.09. The molecule has 3 aromatic rings. The second-order valence-corrected chi connectivity index (χ2v) is 7.12. The Morgan fingerprint density at radius 3 is 2.45 bits per heavy atom. The molecule has 0 saturated carbocycles. The lowest BCUT2D eigenvalue weighted by molar-refractivity contribution is -0.137. The summed E-state index contributed by atoms with van der Waals surface area (Å²) in [4.78, 5) is 12.4. The van der Waals surface area contributed by atoms with E-state index in [1.54, 1.807) is 26.8 Å². The van der Waals surface area contributed by atoms with Crippen molar-refractivity contribution in [2.75, 3.05) is 5.32 Å². The number of benzene rings is 1. The molecule has 1 amide bonds. The zero-order chi connectivity index (χ0) is 22.9. The van der Waals surface area contributed by atoms with Crippen LogP contribution in [-0.4, -0.2) is 25.5 Å². The van der Waals surface area contributed by atoms with E-state index in [0.29, 0.717) is 28.3 Å². The summed E-state index contributed by atoms with van der Waals surface area (Å²) in [7, 11) is 0. The molecule has 1 aromatic carbocycles. The Labute approximate surface area is 174 Å². The summed E-state index contributed by atoms with van der Waals surface area (Å²) in [5.74, 6) is -0.574. The van der Waals surface area contributed by atoms with Crippen molar-refractivity contribution in [2.24, 2.45) is 0 Å². The molecule has 2 aromatic heterocycles. The molecule has 0 atom stereocenters. The molecule has 0 unspecified atom stereocenters. The Bertz CT molecular complexity index is 1100. The van der Waals surface area contributed by atoms with Gasteiger partial charge < -0.3 is 5.32 Å². The molecule has 0 saturated heterocycles. The molecular formula is C20H20F5N5O. The Kier molecular flexibility index (Phi) is 6.14. The number of nitrogens with zero attached hydrogens (tertiary/aromatic N) is 4. The molecule has 0 fully saturated rings. The molecular weight excluding hydrogens is 421 g/mol. The molecule has 0 radical (unpaired) electrons. The number of anilines is 1. The number of rotatable bonds is 6. The van der Waals surface area contributed by atoms with Crippen LogP contribution >= 0.6 is 0 Å². The topological polar surface area (TPSA) is 64.7 Å². The van der Waals surface area contributed by atoms with Crippen molar-refractivity contribution in [1.29, 1.82) is 0 Å². The Balaban J connectivity index is 1.77. The van der Waals surface area contributed by atoms with Gasteiger partial charge in [-0.05, 0) is 44.5 Å². The lowest BCUT2D eigenvalue weighted by Crippen LogP contribution is -2.21. The average Bonchev–Trinajstić information content (AvgIpc) is 3.16. The standard InChI is InChI=1S/C20H20F5N5O/c1-11-7-16(19(21)22)30(27-11)10-17(31)26-18-12(2)28-29(13(18)3)9-14-5-4-6-15(8-14)20(23,24)25/h4-8,19H,9-10H2,1-3H3,(H,26,31). The van der Waals surface area contributed by atoms with Gasteiger partial charge in [0.2, 0.25) is 5.91 Å². The highest BCUT2D eigenvalue weighted by molar-refractivity contribution is 5.91. The van der Waals surface area contributed by atoms with Crippen molar-refractivity contribution < 1.29 is 26.7 Å². The van der Waals surface area contributed by atoms with Crippen molar-refractivity contribution in [3.63, 3.8) is 0 Å². The van der Waals surface area contributed by atoms with Gasteiger partial charge in [0.15, 0.2) is 0 Å². The van der Waals surface area contributed by atoms with Gasteiger partial charge in [0, 0.05) is 0 Å². The molecule has 31 heavy (non-hydrogen) atoms. The van der Waals surface area contributed by atoms with E-state index < -0.39 is 30.6 Å². The van der Waals surface area contributed by atoms with Crippen LogP contribution in [-0.2, 0) is 24.1 Å². The van der Waals surface area contributed by atoms with E-state index in [2.05, 4.69) is 15.5 Å². The summed E-state index contributed by atoms with van der Waals surface area (Å²) in [5, 5.41) is 10.8. The lowest BCUT2D eigenvalue weighted by Gasteiger charge is -2.11. The Morgan fingerprint density at radius 1 is 1.10 bits per heavy atom. The van der Waals surface area contributed by atoms with Crippen molar-refractivity contribution in [2.45, 2.75) is 46.5 Å². The number of halogens is 5. The number of carbonyl (C=O) groups excluding carboxylic acids is 1. The minimum atomic E-state index is -4.45. The number of aryl methyl sites for hydroxylation is 2. The Morgan fingerprint density at radius 2 is 1.81 bits per heavy atom. The van der Waals surface area contributed by atoms with E-state index in [1.165, 1.54) is 16.8 Å². The van der Waals surface area contributed by atoms with Gasteiger partial charge in [-0.15, -0.1) is 0 Å². The molecule has 0 aliphatic heterocycles. The number of amides is 1. The maximum atomic E-state index is 13.1. The van der Waals surface area contributed by atoms with Crippen LogP contribution in [0.4, 0.5) is 27.6 Å². The molecule has 6 nitrogen and oxygen atoms in total. The molecule has 0 aliphatic carbocycles. The predicted octanol–water partition coefficient (Wildman–Crippen LogP) is 4.65. The second-order valence-electron chi connectivity index (χ2n) is 7.12. The van der Waals surface area contributed by atoms with Crippen LogP contribution in [0.25, 0.3) is 0 Å². The quantitative estimate of drug-likeness (QED) is 0.567. The first kappa shape index (κ1) is 22.4. The molecule has 1 N–H and O–H groups in total. The van der Waals surface area contributed by atoms with E-state index in [9.17, 15) is 26.7 Å². The molecule has 11 heteroatoms. The fourth-order valence-corrected chi connectivity index (χ4v) is 3.23. The Hall–Kier alpha value is -3.24. The van der Waals surface area contributed by atoms with Gasteiger partial charge in [0.25, 0.3) is 6.43 Å². The van der Waals surface area contributed by atoms with Crippen LogP contribution in [0.15, 0.2) is 30.3 Å². The minimum absolute atomic E-state index is 0.0698. The van der Waals surface area contributed by atoms with Crippen LogP contribution in [0.5, 0.6) is 0 Å². The van der Waals surface area contributed by atoms with Gasteiger partial charge in [-0.3, -0.25) is 14.2 Å². The van der Waals surface area contributed by atoms with Gasteiger partial charge in [0.05, 0.1) is 34.9 Å². The van der Waals surface area contributed by atoms with Crippen LogP contribution in [0.1, 0.15) is 40.3 Å². The first-order chi connectivity index (χ1) is 14.5. The highest BCUT2D eigenvalue weighted by atomic mass is 19.4. The van der Waals surface area contributed by atoms with E-state index in [0.717, 1.165) is 16.8 Å². The van der Waals surface area contributed by atoms with Crippen LogP contribution in [0, 0.1) is 20.8 Å². The van der Waals surface area contributed by atoms with Gasteiger partial charge in [0.1, 0.15) is 12.2 Å². The fraction of sp³-hybridized carbons (Fsp3) is 0.350. The smallest absolute Gasteiger partial charge is 0.321 e. The molecule has 0 bridgehead atoms. The predicted molar refractivity (Wildman–Crippen MR) is 103 cm³/mol. The van der Waals surface area contributed by atoms with E-state index in [1.807, 2.05) is 0 Å². The summed E-state index contributed by atoms with van der Waals surface area (Å²) in [5.41, 5.74) is 0.985. The molecule has 2 heterocycles. The number of nitrogens with one attached hydrogen (secondary N) is 1. The van der Waals surface area contributed by atoms with Crippen molar-refractivity contribution >= 4 is 11.6 Å². The van der Waals surface area contributed by atoms with Gasteiger partial charge in [-0.25, -0.2) is 8.78 Å². The van der Waals surface area contributed by atoms with Crippen LogP contribution in [0.2, 0.25) is 0 Å². The number of carbonyl (C=O) groups is 1. The van der Waals surface area contributed by atoms with Crippen molar-refractivity contribution in [1.82, 2.24) is 19.6 Å². The number of alkyl halides is 5. The fourth-order valence-electron chi connectivity index (χ4n) is 3.23. The minimum Gasteiger partial charge on any atom is -0.321 e. The monoisotopic (exact) mass is 441 g/mol. The highest BCUT2D eigenvalue weighted by Crippen LogP contribution is 2.30. The first-order valence-corrected chi connectivity index (χ1v) is 9.28. The van der Waals surface area contributed by atoms with Crippen molar-refractivity contribution in [3.05, 3.63) is 64.2 Å². The normalized spacial score (nSPS) is 11.9. The van der Waals surface area contributed by atoms with Crippen LogP contribution < -0.4 is 5.32 Å². The molecule has 0 aliphatic rings. The summed E-state index contributed by atoms with van der Waals surface area (Å²) >= 11 is 0. The maximum absolute atomic E-state index is 13.1. The number of hydrogen-bond donors (Lipinski definition) is 1. The third-order valence-electron chi connectivity index (χ3n) is 4.68. The highest BCUT2D eigenvalue weighted by Gasteiger charge is 2.30. The zero-order valence-corrected chi connectivity index (χ0v) is 17.0. The zero-order valence-electron chi connectivity index (χ0n) is 17.0. The van der Waals surface area contributed by atoms with Gasteiger partial charge in [-0.1, -0.05) is 12.1 Å². The lowest BCUT2D eigenvalue weighted by atomic mass is 10.1. The summed E-state index contributed by atoms with van der Waals surface area (Å²) in [6.45, 7) is 4.50. The summed E-state index contributed by atoms with van der Waals surface area (Å²) < 4.78 is 67.4. The molecule has 0 spiro atoms. The third-order valence-corrected chi connectivity index (χ3v) is 4.68. The van der Waals surface area contributed by atoms with Crippen LogP contribution in [0.3, 0.4) is 0 Å².